The summed E-state index contributed by atoms with van der Waals surface area (Å²) in [6.07, 6.45) is 8.22. The van der Waals surface area contributed by atoms with E-state index >= 15 is 0 Å². The van der Waals surface area contributed by atoms with Gasteiger partial charge in [-0.2, -0.15) is 0 Å². The summed E-state index contributed by atoms with van der Waals surface area (Å²) in [5, 5.41) is 24.3. The molecule has 0 aromatic heterocycles. The molecule has 1 saturated heterocycles. The van der Waals surface area contributed by atoms with Crippen LogP contribution in [0.3, 0.4) is 0 Å². The van der Waals surface area contributed by atoms with Crippen LogP contribution in [0, 0.1) is 29.1 Å². The van der Waals surface area contributed by atoms with Crippen molar-refractivity contribution in [3.63, 3.8) is 0 Å². The van der Waals surface area contributed by atoms with E-state index in [1.165, 1.54) is 26.4 Å². The fraction of sp³-hybridized carbons (Fsp3) is 0.667. The minimum atomic E-state index is -1.13. The zero-order chi connectivity index (χ0) is 29.9. The molecule has 0 spiro atoms. The Bertz CT molecular complexity index is 1280. The van der Waals surface area contributed by atoms with Gasteiger partial charge < -0.3 is 34.6 Å². The molecule has 8 rings (SSSR count). The van der Waals surface area contributed by atoms with Crippen molar-refractivity contribution >= 4 is 18.1 Å². The van der Waals surface area contributed by atoms with Gasteiger partial charge in [0.05, 0.1) is 38.2 Å². The van der Waals surface area contributed by atoms with Crippen LogP contribution in [0.15, 0.2) is 23.8 Å². The number of nitrogens with zero attached hydrogens (tertiary/aromatic N) is 1. The molecule has 5 fully saturated rings. The third kappa shape index (κ3) is 4.95. The monoisotopic (exact) mass is 594 g/mol. The van der Waals surface area contributed by atoms with Crippen molar-refractivity contribution in [1.82, 2.24) is 10.2 Å². The lowest BCUT2D eigenvalue weighted by Gasteiger charge is -2.58. The highest BCUT2D eigenvalue weighted by Gasteiger charge is 2.56. The number of hydrogen-bond acceptors (Lipinski definition) is 8. The molecule has 2 amide bonds. The molecule has 10 nitrogen and oxygen atoms in total. The first kappa shape index (κ1) is 28.8. The number of ether oxygens (including phenoxy) is 3. The van der Waals surface area contributed by atoms with Gasteiger partial charge >= 0.3 is 0 Å². The Morgan fingerprint density at radius 2 is 1.88 bits per heavy atom. The number of methoxy groups -OCH3 is 1. The zero-order valence-corrected chi connectivity index (χ0v) is 24.7. The number of carbonyl (C=O) groups is 3. The van der Waals surface area contributed by atoms with Crippen molar-refractivity contribution in [1.29, 1.82) is 0 Å². The van der Waals surface area contributed by atoms with Crippen LogP contribution in [0.5, 0.6) is 11.5 Å². The van der Waals surface area contributed by atoms with E-state index in [1.54, 1.807) is 18.2 Å². The van der Waals surface area contributed by atoms with Gasteiger partial charge in [-0.15, -0.1) is 0 Å². The van der Waals surface area contributed by atoms with Crippen LogP contribution in [-0.4, -0.2) is 91.5 Å². The summed E-state index contributed by atoms with van der Waals surface area (Å²) < 4.78 is 17.5. The quantitative estimate of drug-likeness (QED) is 0.371. The SMILES string of the molecule is COc1cc(C=O)cc2c1O[C@@H]1[C@@H](O)[C@H](N(CC34CC5CC(CC(C5)C3)C4)C(=O)C3CCOC3)C=C(C(=O)NCCO)[C@H]21. The van der Waals surface area contributed by atoms with Crippen molar-refractivity contribution in [2.75, 3.05) is 40.0 Å². The lowest BCUT2D eigenvalue weighted by Crippen LogP contribution is -2.60. The topological polar surface area (TPSA) is 135 Å². The van der Waals surface area contributed by atoms with Gasteiger partial charge in [-0.3, -0.25) is 14.4 Å². The number of hydrogen-bond donors (Lipinski definition) is 3. The van der Waals surface area contributed by atoms with E-state index in [0.717, 1.165) is 19.3 Å². The molecule has 5 aliphatic carbocycles. The number of benzene rings is 1. The van der Waals surface area contributed by atoms with E-state index in [2.05, 4.69) is 5.32 Å². The number of fused-ring (bicyclic) bond motifs is 3. The predicted octanol–water partition coefficient (Wildman–Crippen LogP) is 2.21. The summed E-state index contributed by atoms with van der Waals surface area (Å²) in [6.45, 7) is 1.25. The van der Waals surface area contributed by atoms with Crippen LogP contribution in [0.4, 0.5) is 0 Å². The molecular formula is C33H42N2O8. The van der Waals surface area contributed by atoms with Crippen LogP contribution < -0.4 is 14.8 Å². The van der Waals surface area contributed by atoms with E-state index in [4.69, 9.17) is 14.2 Å². The van der Waals surface area contributed by atoms with E-state index in [9.17, 15) is 24.6 Å². The lowest BCUT2D eigenvalue weighted by molar-refractivity contribution is -0.149. The average molecular weight is 595 g/mol. The van der Waals surface area contributed by atoms with Gasteiger partial charge in [0.2, 0.25) is 11.8 Å². The number of rotatable bonds is 9. The van der Waals surface area contributed by atoms with Crippen molar-refractivity contribution in [3.8, 4) is 11.5 Å². The molecule has 4 bridgehead atoms. The van der Waals surface area contributed by atoms with Gasteiger partial charge in [0.15, 0.2) is 11.5 Å². The summed E-state index contributed by atoms with van der Waals surface area (Å²) in [7, 11) is 1.48. The minimum absolute atomic E-state index is 0.00910. The number of carbonyl (C=O) groups excluding carboxylic acids is 3. The number of amides is 2. The smallest absolute Gasteiger partial charge is 0.247 e. The largest absolute Gasteiger partial charge is 0.493 e. The second-order valence-corrected chi connectivity index (χ2v) is 13.8. The first-order chi connectivity index (χ1) is 20.8. The molecule has 1 unspecified atom stereocenters. The second kappa shape index (κ2) is 11.2. The number of aliphatic hydroxyl groups is 2. The molecule has 10 heteroatoms. The highest BCUT2D eigenvalue weighted by atomic mass is 16.5. The van der Waals surface area contributed by atoms with Gasteiger partial charge in [-0.1, -0.05) is 0 Å². The molecular weight excluding hydrogens is 552 g/mol. The molecule has 7 aliphatic rings. The van der Waals surface area contributed by atoms with Gasteiger partial charge in [0, 0.05) is 36.4 Å². The van der Waals surface area contributed by atoms with Gasteiger partial charge in [-0.05, 0) is 86.3 Å². The maximum atomic E-state index is 14.3. The van der Waals surface area contributed by atoms with E-state index in [0.29, 0.717) is 78.4 Å². The molecule has 43 heavy (non-hydrogen) atoms. The molecule has 2 aliphatic heterocycles. The third-order valence-corrected chi connectivity index (χ3v) is 11.0. The summed E-state index contributed by atoms with van der Waals surface area (Å²) in [5.41, 5.74) is 1.31. The minimum Gasteiger partial charge on any atom is -0.493 e. The van der Waals surface area contributed by atoms with Crippen LogP contribution in [-0.2, 0) is 14.3 Å². The maximum Gasteiger partial charge on any atom is 0.247 e. The highest BCUT2D eigenvalue weighted by Crippen LogP contribution is 2.60. The Balaban J connectivity index is 1.30. The van der Waals surface area contributed by atoms with Crippen molar-refractivity contribution in [2.24, 2.45) is 29.1 Å². The molecule has 3 N–H and O–H groups in total. The molecule has 1 aromatic rings. The predicted molar refractivity (Wildman–Crippen MR) is 155 cm³/mol. The lowest BCUT2D eigenvalue weighted by atomic mass is 9.49. The van der Waals surface area contributed by atoms with Crippen LogP contribution >= 0.6 is 0 Å². The van der Waals surface area contributed by atoms with Gasteiger partial charge in [0.25, 0.3) is 0 Å². The van der Waals surface area contributed by atoms with Crippen LogP contribution in [0.2, 0.25) is 0 Å². The first-order valence-electron chi connectivity index (χ1n) is 15.8. The standard InChI is InChI=1S/C33H42N2O8/c1-41-26-10-21(15-37)9-23-27-24(31(39)34-3-4-36)11-25(28(38)30(27)43-29(23)26)35(32(40)22-2-5-42-16-22)17-33-12-18-6-19(13-33)8-20(7-18)14-33/h9-11,15,18-20,22,25,27-28,30,36,38H,2-8,12-14,16-17H2,1H3,(H,34,39)/t18?,19?,20?,22?,25-,27+,28+,30+,33?/m1/s1. The number of aldehydes is 1. The van der Waals surface area contributed by atoms with E-state index < -0.39 is 30.1 Å². The Kier molecular flexibility index (Phi) is 7.50. The Labute approximate surface area is 251 Å². The maximum absolute atomic E-state index is 14.3. The molecule has 1 aromatic carbocycles. The highest BCUT2D eigenvalue weighted by molar-refractivity contribution is 5.96. The molecule has 2 heterocycles. The number of aliphatic hydroxyl groups excluding tert-OH is 2. The Morgan fingerprint density at radius 3 is 2.49 bits per heavy atom. The summed E-state index contributed by atoms with van der Waals surface area (Å²) in [5.74, 6) is 1.39. The van der Waals surface area contributed by atoms with Crippen molar-refractivity contribution in [3.05, 3.63) is 34.9 Å². The summed E-state index contributed by atoms with van der Waals surface area (Å²) in [6, 6.07) is 2.46. The Hall–Kier alpha value is -2.95. The number of nitrogens with one attached hydrogen (secondary N) is 1. The first-order valence-corrected chi connectivity index (χ1v) is 15.8. The van der Waals surface area contributed by atoms with Crippen molar-refractivity contribution < 1.29 is 38.8 Å². The Morgan fingerprint density at radius 1 is 1.16 bits per heavy atom. The molecule has 4 saturated carbocycles. The van der Waals surface area contributed by atoms with Crippen molar-refractivity contribution in [2.45, 2.75) is 69.1 Å². The van der Waals surface area contributed by atoms with E-state index in [1.807, 2.05) is 4.90 Å². The van der Waals surface area contributed by atoms with E-state index in [-0.39, 0.29) is 30.4 Å². The van der Waals surface area contributed by atoms with Crippen LogP contribution in [0.1, 0.15) is 66.8 Å². The zero-order valence-electron chi connectivity index (χ0n) is 24.7. The van der Waals surface area contributed by atoms with Crippen LogP contribution in [0.25, 0.3) is 0 Å². The molecule has 0 radical (unpaired) electrons. The average Bonchev–Trinajstić information content (AvgIpc) is 3.67. The fourth-order valence-corrected chi connectivity index (χ4v) is 9.70. The van der Waals surface area contributed by atoms with Gasteiger partial charge in [-0.25, -0.2) is 0 Å². The third-order valence-electron chi connectivity index (χ3n) is 11.0. The summed E-state index contributed by atoms with van der Waals surface area (Å²) >= 11 is 0. The summed E-state index contributed by atoms with van der Waals surface area (Å²) in [4.78, 5) is 41.6. The van der Waals surface area contributed by atoms with Gasteiger partial charge in [0.1, 0.15) is 18.5 Å². The second-order valence-electron chi connectivity index (χ2n) is 13.8. The normalized spacial score (nSPS) is 36.8. The molecule has 5 atom stereocenters. The molecule has 232 valence electrons. The fourth-order valence-electron chi connectivity index (χ4n) is 9.70.